The highest BCUT2D eigenvalue weighted by atomic mass is 35.5. The molecule has 0 aliphatic heterocycles. The van der Waals surface area contributed by atoms with Gasteiger partial charge in [0, 0.05) is 10.7 Å². The van der Waals surface area contributed by atoms with Crippen LogP contribution in [0.4, 0.5) is 17.1 Å². The van der Waals surface area contributed by atoms with Gasteiger partial charge in [0.2, 0.25) is 0 Å². The Hall–Kier alpha value is -1.09. The minimum absolute atomic E-state index is 0.501. The third-order valence-electron chi connectivity index (χ3n) is 2.54. The van der Waals surface area contributed by atoms with Gasteiger partial charge in [-0.3, -0.25) is 0 Å². The second kappa shape index (κ2) is 5.27. The molecule has 0 saturated heterocycles. The number of halogens is 3. The Kier molecular flexibility index (Phi) is 3.91. The molecule has 0 aliphatic rings. The summed E-state index contributed by atoms with van der Waals surface area (Å²) in [5, 5.41) is 4.90. The maximum atomic E-state index is 6.09. The minimum Gasteiger partial charge on any atom is -0.398 e. The Morgan fingerprint density at radius 1 is 0.944 bits per heavy atom. The van der Waals surface area contributed by atoms with Gasteiger partial charge in [-0.2, -0.15) is 0 Å². The second-order valence-corrected chi connectivity index (χ2v) is 5.19. The summed E-state index contributed by atoms with van der Waals surface area (Å²) < 4.78 is 0. The third-order valence-corrected chi connectivity index (χ3v) is 3.43. The van der Waals surface area contributed by atoms with E-state index in [4.69, 9.17) is 40.5 Å². The van der Waals surface area contributed by atoms with E-state index < -0.39 is 0 Å². The van der Waals surface area contributed by atoms with Crippen molar-refractivity contribution >= 4 is 51.9 Å². The van der Waals surface area contributed by atoms with Crippen LogP contribution in [0.5, 0.6) is 0 Å². The highest BCUT2D eigenvalue weighted by molar-refractivity contribution is 6.35. The van der Waals surface area contributed by atoms with Gasteiger partial charge >= 0.3 is 0 Å². The molecule has 0 radical (unpaired) electrons. The van der Waals surface area contributed by atoms with E-state index in [0.29, 0.717) is 20.8 Å². The van der Waals surface area contributed by atoms with Gasteiger partial charge in [0.15, 0.2) is 0 Å². The summed E-state index contributed by atoms with van der Waals surface area (Å²) in [6.45, 7) is 1.94. The molecule has 0 atom stereocenters. The molecule has 3 N–H and O–H groups in total. The van der Waals surface area contributed by atoms with Gasteiger partial charge < -0.3 is 11.1 Å². The molecule has 2 aromatic rings. The molecule has 2 rings (SSSR count). The summed E-state index contributed by atoms with van der Waals surface area (Å²) >= 11 is 18.0. The highest BCUT2D eigenvalue weighted by Crippen LogP contribution is 2.32. The zero-order chi connectivity index (χ0) is 13.3. The largest absolute Gasteiger partial charge is 0.398 e. The van der Waals surface area contributed by atoms with Gasteiger partial charge in [0.1, 0.15) is 0 Å². The normalized spacial score (nSPS) is 10.4. The number of hydrogen-bond donors (Lipinski definition) is 2. The minimum atomic E-state index is 0.501. The number of rotatable bonds is 2. The molecule has 2 aromatic carbocycles. The van der Waals surface area contributed by atoms with Crippen LogP contribution in [0.25, 0.3) is 0 Å². The first-order valence-corrected chi connectivity index (χ1v) is 6.38. The van der Waals surface area contributed by atoms with Crippen molar-refractivity contribution in [2.45, 2.75) is 6.92 Å². The Bertz CT molecular complexity index is 597. The smallest absolute Gasteiger partial charge is 0.0656 e. The number of nitrogen functional groups attached to an aromatic ring is 1. The van der Waals surface area contributed by atoms with Crippen LogP contribution in [-0.4, -0.2) is 0 Å². The number of anilines is 3. The Morgan fingerprint density at radius 3 is 2.39 bits per heavy atom. The van der Waals surface area contributed by atoms with Crippen LogP contribution in [0.1, 0.15) is 5.56 Å². The molecule has 0 amide bonds. The van der Waals surface area contributed by atoms with Gasteiger partial charge in [-0.05, 0) is 42.8 Å². The lowest BCUT2D eigenvalue weighted by molar-refractivity contribution is 1.43. The monoisotopic (exact) mass is 300 g/mol. The first-order valence-electron chi connectivity index (χ1n) is 5.25. The van der Waals surface area contributed by atoms with Gasteiger partial charge in [-0.25, -0.2) is 0 Å². The first-order chi connectivity index (χ1) is 8.47. The SMILES string of the molecule is Cc1cc(N)c(Cl)cc1Nc1cc(Cl)ccc1Cl. The van der Waals surface area contributed by atoms with Crippen molar-refractivity contribution in [3.8, 4) is 0 Å². The maximum Gasteiger partial charge on any atom is 0.0656 e. The number of nitrogens with one attached hydrogen (secondary N) is 1. The summed E-state index contributed by atoms with van der Waals surface area (Å²) in [7, 11) is 0. The Balaban J connectivity index is 2.40. The molecule has 94 valence electrons. The number of nitrogens with two attached hydrogens (primary N) is 1. The molecular formula is C13H11Cl3N2. The predicted octanol–water partition coefficient (Wildman–Crippen LogP) is 5.28. The van der Waals surface area contributed by atoms with Gasteiger partial charge in [0.25, 0.3) is 0 Å². The van der Waals surface area contributed by atoms with Crippen molar-refractivity contribution in [1.82, 2.24) is 0 Å². The van der Waals surface area contributed by atoms with Crippen LogP contribution in [0.2, 0.25) is 15.1 Å². The van der Waals surface area contributed by atoms with Gasteiger partial charge in [-0.1, -0.05) is 34.8 Å². The zero-order valence-corrected chi connectivity index (χ0v) is 11.9. The van der Waals surface area contributed by atoms with E-state index in [-0.39, 0.29) is 0 Å². The molecule has 0 saturated carbocycles. The number of hydrogen-bond acceptors (Lipinski definition) is 2. The fourth-order valence-electron chi connectivity index (χ4n) is 1.58. The molecule has 0 spiro atoms. The molecule has 0 aliphatic carbocycles. The fourth-order valence-corrected chi connectivity index (χ4v) is 2.08. The number of aryl methyl sites for hydroxylation is 1. The van der Waals surface area contributed by atoms with Crippen LogP contribution in [0.15, 0.2) is 30.3 Å². The van der Waals surface area contributed by atoms with Crippen molar-refractivity contribution in [2.24, 2.45) is 0 Å². The molecule has 0 aromatic heterocycles. The number of benzene rings is 2. The third kappa shape index (κ3) is 2.83. The first kappa shape index (κ1) is 13.3. The standard InChI is InChI=1S/C13H11Cl3N2/c1-7-4-11(17)10(16)6-12(7)18-13-5-8(14)2-3-9(13)15/h2-6,18H,17H2,1H3. The average Bonchev–Trinajstić information content (AvgIpc) is 2.30. The molecule has 18 heavy (non-hydrogen) atoms. The van der Waals surface area contributed by atoms with Crippen molar-refractivity contribution < 1.29 is 0 Å². The average molecular weight is 302 g/mol. The van der Waals surface area contributed by atoms with E-state index >= 15 is 0 Å². The zero-order valence-electron chi connectivity index (χ0n) is 9.60. The predicted molar refractivity (Wildman–Crippen MR) is 80.3 cm³/mol. The van der Waals surface area contributed by atoms with Crippen molar-refractivity contribution in [3.63, 3.8) is 0 Å². The molecule has 5 heteroatoms. The molecule has 2 nitrogen and oxygen atoms in total. The Morgan fingerprint density at radius 2 is 1.67 bits per heavy atom. The summed E-state index contributed by atoms with van der Waals surface area (Å²) in [4.78, 5) is 0. The quantitative estimate of drug-likeness (QED) is 0.740. The maximum absolute atomic E-state index is 6.09. The lowest BCUT2D eigenvalue weighted by atomic mass is 10.1. The van der Waals surface area contributed by atoms with E-state index in [2.05, 4.69) is 5.32 Å². The summed E-state index contributed by atoms with van der Waals surface area (Å²) in [5.41, 5.74) is 8.84. The summed E-state index contributed by atoms with van der Waals surface area (Å²) in [5.74, 6) is 0. The Labute approximate surface area is 121 Å². The molecular weight excluding hydrogens is 291 g/mol. The molecule has 0 bridgehead atoms. The van der Waals surface area contributed by atoms with Gasteiger partial charge in [-0.15, -0.1) is 0 Å². The molecule has 0 heterocycles. The molecule has 0 fully saturated rings. The van der Waals surface area contributed by atoms with Crippen LogP contribution in [-0.2, 0) is 0 Å². The van der Waals surface area contributed by atoms with E-state index in [9.17, 15) is 0 Å². The van der Waals surface area contributed by atoms with E-state index in [0.717, 1.165) is 16.9 Å². The lowest BCUT2D eigenvalue weighted by Crippen LogP contribution is -1.96. The topological polar surface area (TPSA) is 38.0 Å². The summed E-state index contributed by atoms with van der Waals surface area (Å²) in [6, 6.07) is 8.80. The summed E-state index contributed by atoms with van der Waals surface area (Å²) in [6.07, 6.45) is 0. The second-order valence-electron chi connectivity index (χ2n) is 3.94. The van der Waals surface area contributed by atoms with Crippen molar-refractivity contribution in [2.75, 3.05) is 11.1 Å². The van der Waals surface area contributed by atoms with Crippen LogP contribution in [0.3, 0.4) is 0 Å². The van der Waals surface area contributed by atoms with Gasteiger partial charge in [0.05, 0.1) is 21.4 Å². The van der Waals surface area contributed by atoms with Crippen molar-refractivity contribution in [3.05, 3.63) is 51.0 Å². The van der Waals surface area contributed by atoms with Crippen LogP contribution < -0.4 is 11.1 Å². The highest BCUT2D eigenvalue weighted by Gasteiger charge is 2.06. The van der Waals surface area contributed by atoms with E-state index in [1.54, 1.807) is 24.3 Å². The van der Waals surface area contributed by atoms with Crippen LogP contribution >= 0.6 is 34.8 Å². The lowest BCUT2D eigenvalue weighted by Gasteiger charge is -2.13. The molecule has 0 unspecified atom stereocenters. The van der Waals surface area contributed by atoms with Crippen LogP contribution in [0, 0.1) is 6.92 Å². The van der Waals surface area contributed by atoms with Crippen molar-refractivity contribution in [1.29, 1.82) is 0 Å². The fraction of sp³-hybridized carbons (Fsp3) is 0.0769. The van der Waals surface area contributed by atoms with E-state index in [1.165, 1.54) is 0 Å². The van der Waals surface area contributed by atoms with E-state index in [1.807, 2.05) is 13.0 Å².